The van der Waals surface area contributed by atoms with Gasteiger partial charge >= 0.3 is 19.8 Å². The number of hydrogen-bond acceptors (Lipinski definition) is 7. The summed E-state index contributed by atoms with van der Waals surface area (Å²) < 4.78 is 31.7. The van der Waals surface area contributed by atoms with E-state index in [0.29, 0.717) is 12.8 Å². The van der Waals surface area contributed by atoms with Gasteiger partial charge in [-0.3, -0.25) is 18.6 Å². The molecule has 160 valence electrons. The summed E-state index contributed by atoms with van der Waals surface area (Å²) in [6, 6.07) is 0. The minimum Gasteiger partial charge on any atom is -0.462 e. The van der Waals surface area contributed by atoms with Crippen LogP contribution in [0, 0.1) is 0 Å². The van der Waals surface area contributed by atoms with E-state index in [1.54, 1.807) is 6.92 Å². The molecule has 27 heavy (non-hydrogen) atoms. The van der Waals surface area contributed by atoms with Crippen LogP contribution in [0.5, 0.6) is 0 Å². The minimum atomic E-state index is -4.23. The van der Waals surface area contributed by atoms with Crippen LogP contribution in [0.2, 0.25) is 0 Å². The van der Waals surface area contributed by atoms with Crippen LogP contribution in [0.25, 0.3) is 0 Å². The summed E-state index contributed by atoms with van der Waals surface area (Å²) in [4.78, 5) is 33.2. The van der Waals surface area contributed by atoms with Gasteiger partial charge in [-0.1, -0.05) is 46.5 Å². The van der Waals surface area contributed by atoms with Gasteiger partial charge in [-0.2, -0.15) is 0 Å². The van der Waals surface area contributed by atoms with Gasteiger partial charge in [-0.25, -0.2) is 4.57 Å². The molecule has 0 aliphatic carbocycles. The SMILES string of the molecule is CCCCCC(=O)OCC(COP(=O)(O)OCCC)OC(=O)CCCCC. The van der Waals surface area contributed by atoms with Crippen molar-refractivity contribution in [2.75, 3.05) is 19.8 Å². The molecule has 0 saturated carbocycles. The van der Waals surface area contributed by atoms with Crippen molar-refractivity contribution >= 4 is 19.8 Å². The summed E-state index contributed by atoms with van der Waals surface area (Å²) in [5, 5.41) is 0. The maximum Gasteiger partial charge on any atom is 0.472 e. The second kappa shape index (κ2) is 16.0. The molecule has 0 aliphatic rings. The maximum atomic E-state index is 11.9. The molecule has 0 fully saturated rings. The number of hydrogen-bond donors (Lipinski definition) is 1. The van der Waals surface area contributed by atoms with E-state index in [1.807, 2.05) is 13.8 Å². The van der Waals surface area contributed by atoms with Crippen LogP contribution in [0.15, 0.2) is 0 Å². The Morgan fingerprint density at radius 2 is 1.44 bits per heavy atom. The normalized spacial score (nSPS) is 14.4. The third kappa shape index (κ3) is 15.8. The van der Waals surface area contributed by atoms with Crippen molar-refractivity contribution in [3.63, 3.8) is 0 Å². The Morgan fingerprint density at radius 1 is 0.852 bits per heavy atom. The molecule has 0 radical (unpaired) electrons. The summed E-state index contributed by atoms with van der Waals surface area (Å²) >= 11 is 0. The van der Waals surface area contributed by atoms with E-state index in [4.69, 9.17) is 18.5 Å². The van der Waals surface area contributed by atoms with Gasteiger partial charge in [0.1, 0.15) is 6.61 Å². The van der Waals surface area contributed by atoms with Crippen LogP contribution < -0.4 is 0 Å². The Labute approximate surface area is 162 Å². The Kier molecular flexibility index (Phi) is 15.5. The van der Waals surface area contributed by atoms with E-state index < -0.39 is 25.9 Å². The van der Waals surface area contributed by atoms with E-state index in [-0.39, 0.29) is 32.7 Å². The third-order valence-electron chi connectivity index (χ3n) is 3.58. The van der Waals surface area contributed by atoms with Gasteiger partial charge in [0.25, 0.3) is 0 Å². The molecule has 0 bridgehead atoms. The molecule has 0 aliphatic heterocycles. The first kappa shape index (κ1) is 26.1. The first-order chi connectivity index (χ1) is 12.8. The highest BCUT2D eigenvalue weighted by molar-refractivity contribution is 7.47. The molecule has 0 amide bonds. The topological polar surface area (TPSA) is 108 Å². The van der Waals surface area contributed by atoms with Crippen molar-refractivity contribution in [2.24, 2.45) is 0 Å². The first-order valence-electron chi connectivity index (χ1n) is 9.81. The van der Waals surface area contributed by atoms with Gasteiger partial charge in [0.2, 0.25) is 0 Å². The van der Waals surface area contributed by atoms with E-state index in [0.717, 1.165) is 32.1 Å². The summed E-state index contributed by atoms with van der Waals surface area (Å²) in [5.41, 5.74) is 0. The lowest BCUT2D eigenvalue weighted by Crippen LogP contribution is -2.29. The molecule has 0 aromatic heterocycles. The number of esters is 2. The van der Waals surface area contributed by atoms with Gasteiger partial charge in [-0.05, 0) is 19.3 Å². The molecule has 2 unspecified atom stereocenters. The number of carbonyl (C=O) groups is 2. The molecular formula is C18H35O8P. The molecule has 0 heterocycles. The molecule has 0 saturated heterocycles. The lowest BCUT2D eigenvalue weighted by Gasteiger charge is -2.19. The molecular weight excluding hydrogens is 375 g/mol. The number of unbranched alkanes of at least 4 members (excludes halogenated alkanes) is 4. The van der Waals surface area contributed by atoms with E-state index >= 15 is 0 Å². The van der Waals surface area contributed by atoms with Gasteiger partial charge < -0.3 is 14.4 Å². The van der Waals surface area contributed by atoms with Gasteiger partial charge in [0.05, 0.1) is 13.2 Å². The molecule has 1 N–H and O–H groups in total. The summed E-state index contributed by atoms with van der Waals surface area (Å²) in [5.74, 6) is -0.855. The van der Waals surface area contributed by atoms with Gasteiger partial charge in [0, 0.05) is 12.8 Å². The van der Waals surface area contributed by atoms with Crippen LogP contribution in [-0.4, -0.2) is 42.8 Å². The van der Waals surface area contributed by atoms with Crippen LogP contribution in [0.1, 0.15) is 78.6 Å². The Bertz CT molecular complexity index is 455. The zero-order valence-electron chi connectivity index (χ0n) is 16.8. The number of rotatable bonds is 17. The summed E-state index contributed by atoms with van der Waals surface area (Å²) in [6.45, 7) is 5.30. The number of carbonyl (C=O) groups excluding carboxylic acids is 2. The van der Waals surface area contributed by atoms with Crippen molar-refractivity contribution < 1.29 is 37.6 Å². The molecule has 0 aromatic rings. The average Bonchev–Trinajstić information content (AvgIpc) is 2.63. The maximum absolute atomic E-state index is 11.9. The van der Waals surface area contributed by atoms with Crippen molar-refractivity contribution in [1.82, 2.24) is 0 Å². The largest absolute Gasteiger partial charge is 0.472 e. The smallest absolute Gasteiger partial charge is 0.462 e. The minimum absolute atomic E-state index is 0.0711. The highest BCUT2D eigenvalue weighted by Crippen LogP contribution is 2.43. The highest BCUT2D eigenvalue weighted by Gasteiger charge is 2.25. The standard InChI is InChI=1S/C18H35O8P/c1-4-7-9-11-17(19)23-14-16(26-18(20)12-10-8-5-2)15-25-27(21,22)24-13-6-3/h16H,4-15H2,1-3H3,(H,21,22). The Hall–Kier alpha value is -0.950. The number of phosphoric acid groups is 1. The van der Waals surface area contributed by atoms with Crippen LogP contribution in [-0.2, 0) is 32.7 Å². The Morgan fingerprint density at radius 3 is 2.00 bits per heavy atom. The van der Waals surface area contributed by atoms with Gasteiger partial charge in [0.15, 0.2) is 6.10 Å². The second-order valence-corrected chi connectivity index (χ2v) is 7.76. The van der Waals surface area contributed by atoms with Crippen molar-refractivity contribution in [3.05, 3.63) is 0 Å². The lowest BCUT2D eigenvalue weighted by molar-refractivity contribution is -0.161. The fourth-order valence-electron chi connectivity index (χ4n) is 2.08. The molecule has 0 aromatic carbocycles. The second-order valence-electron chi connectivity index (χ2n) is 6.31. The van der Waals surface area contributed by atoms with Gasteiger partial charge in [-0.15, -0.1) is 0 Å². The summed E-state index contributed by atoms with van der Waals surface area (Å²) in [6.07, 6.45) is 5.32. The number of phosphoric ester groups is 1. The van der Waals surface area contributed by atoms with Crippen molar-refractivity contribution in [3.8, 4) is 0 Å². The lowest BCUT2D eigenvalue weighted by atomic mass is 10.2. The van der Waals surface area contributed by atoms with Crippen molar-refractivity contribution in [2.45, 2.75) is 84.7 Å². The monoisotopic (exact) mass is 410 g/mol. The molecule has 0 rings (SSSR count). The highest BCUT2D eigenvalue weighted by atomic mass is 31.2. The van der Waals surface area contributed by atoms with Crippen molar-refractivity contribution in [1.29, 1.82) is 0 Å². The molecule has 0 spiro atoms. The summed E-state index contributed by atoms with van der Waals surface area (Å²) in [7, 11) is -4.23. The quantitative estimate of drug-likeness (QED) is 0.216. The Balaban J connectivity index is 4.53. The third-order valence-corrected chi connectivity index (χ3v) is 4.56. The molecule has 2 atom stereocenters. The zero-order valence-corrected chi connectivity index (χ0v) is 17.7. The van der Waals surface area contributed by atoms with Crippen LogP contribution >= 0.6 is 7.82 Å². The predicted molar refractivity (Wildman–Crippen MR) is 101 cm³/mol. The fraction of sp³-hybridized carbons (Fsp3) is 0.889. The first-order valence-corrected chi connectivity index (χ1v) is 11.3. The average molecular weight is 410 g/mol. The van der Waals surface area contributed by atoms with E-state index in [1.165, 1.54) is 0 Å². The molecule has 8 nitrogen and oxygen atoms in total. The van der Waals surface area contributed by atoms with Crippen LogP contribution in [0.3, 0.4) is 0 Å². The van der Waals surface area contributed by atoms with Crippen LogP contribution in [0.4, 0.5) is 0 Å². The molecule has 9 heteroatoms. The van der Waals surface area contributed by atoms with E-state index in [9.17, 15) is 19.0 Å². The fourth-order valence-corrected chi connectivity index (χ4v) is 2.92. The zero-order chi connectivity index (χ0) is 20.5. The van der Waals surface area contributed by atoms with E-state index in [2.05, 4.69) is 0 Å². The predicted octanol–water partition coefficient (Wildman–Crippen LogP) is 4.15. The number of ether oxygens (including phenoxy) is 2.